The van der Waals surface area contributed by atoms with E-state index >= 15 is 0 Å². The SMILES string of the molecule is CCCNC(Cc1sccc1Br)c1cc(Cl)ccc1OC. The third-order valence-corrected chi connectivity index (χ3v) is 5.47. The third-order valence-electron chi connectivity index (χ3n) is 3.29. The Morgan fingerprint density at radius 1 is 1.38 bits per heavy atom. The van der Waals surface area contributed by atoms with Gasteiger partial charge >= 0.3 is 0 Å². The topological polar surface area (TPSA) is 21.3 Å². The number of halogens is 2. The highest BCUT2D eigenvalue weighted by atomic mass is 79.9. The first-order chi connectivity index (χ1) is 10.2. The normalized spacial score (nSPS) is 12.4. The number of hydrogen-bond acceptors (Lipinski definition) is 3. The summed E-state index contributed by atoms with van der Waals surface area (Å²) in [5.41, 5.74) is 1.11. The van der Waals surface area contributed by atoms with Crippen molar-refractivity contribution in [2.45, 2.75) is 25.8 Å². The van der Waals surface area contributed by atoms with Crippen LogP contribution in [-0.2, 0) is 6.42 Å². The Balaban J connectivity index is 2.31. The number of thiophene rings is 1. The van der Waals surface area contributed by atoms with Gasteiger partial charge in [0.2, 0.25) is 0 Å². The van der Waals surface area contributed by atoms with Gasteiger partial charge in [-0.25, -0.2) is 0 Å². The van der Waals surface area contributed by atoms with E-state index < -0.39 is 0 Å². The second-order valence-corrected chi connectivity index (χ2v) is 7.08. The van der Waals surface area contributed by atoms with Crippen molar-refractivity contribution in [3.8, 4) is 5.75 Å². The molecule has 1 heterocycles. The Labute approximate surface area is 143 Å². The molecule has 0 saturated heterocycles. The summed E-state index contributed by atoms with van der Waals surface area (Å²) in [6.45, 7) is 3.13. The van der Waals surface area contributed by atoms with Crippen molar-refractivity contribution in [2.24, 2.45) is 0 Å². The maximum atomic E-state index is 6.18. The van der Waals surface area contributed by atoms with Gasteiger partial charge in [-0.1, -0.05) is 18.5 Å². The van der Waals surface area contributed by atoms with Crippen molar-refractivity contribution in [3.63, 3.8) is 0 Å². The highest BCUT2D eigenvalue weighted by molar-refractivity contribution is 9.10. The van der Waals surface area contributed by atoms with Crippen LogP contribution in [-0.4, -0.2) is 13.7 Å². The molecule has 0 spiro atoms. The van der Waals surface area contributed by atoms with E-state index in [2.05, 4.69) is 39.6 Å². The summed E-state index contributed by atoms with van der Waals surface area (Å²) < 4.78 is 6.67. The smallest absolute Gasteiger partial charge is 0.123 e. The van der Waals surface area contributed by atoms with Gasteiger partial charge in [0.15, 0.2) is 0 Å². The molecule has 0 radical (unpaired) electrons. The van der Waals surface area contributed by atoms with E-state index in [1.165, 1.54) is 4.88 Å². The minimum Gasteiger partial charge on any atom is -0.496 e. The van der Waals surface area contributed by atoms with Crippen molar-refractivity contribution in [1.82, 2.24) is 5.32 Å². The second-order valence-electron chi connectivity index (χ2n) is 4.79. The molecule has 0 bridgehead atoms. The summed E-state index contributed by atoms with van der Waals surface area (Å²) in [6.07, 6.45) is 2.00. The van der Waals surface area contributed by atoms with Crippen LogP contribution in [0, 0.1) is 0 Å². The molecular formula is C16H19BrClNOS. The number of nitrogens with one attached hydrogen (secondary N) is 1. The van der Waals surface area contributed by atoms with Gasteiger partial charge in [0, 0.05) is 32.4 Å². The lowest BCUT2D eigenvalue weighted by Crippen LogP contribution is -2.24. The first-order valence-electron chi connectivity index (χ1n) is 6.94. The zero-order valence-corrected chi connectivity index (χ0v) is 15.3. The Bertz CT molecular complexity index is 587. The lowest BCUT2D eigenvalue weighted by molar-refractivity contribution is 0.398. The summed E-state index contributed by atoms with van der Waals surface area (Å²) in [4.78, 5) is 1.32. The Kier molecular flexibility index (Phi) is 6.55. The molecule has 1 atom stereocenters. The van der Waals surface area contributed by atoms with Crippen LogP contribution in [0.2, 0.25) is 5.02 Å². The predicted molar refractivity (Wildman–Crippen MR) is 94.8 cm³/mol. The molecule has 0 aliphatic carbocycles. The van der Waals surface area contributed by atoms with Crippen LogP contribution in [0.4, 0.5) is 0 Å². The number of hydrogen-bond donors (Lipinski definition) is 1. The number of ether oxygens (including phenoxy) is 1. The van der Waals surface area contributed by atoms with Crippen LogP contribution in [0.15, 0.2) is 34.1 Å². The molecule has 114 valence electrons. The maximum Gasteiger partial charge on any atom is 0.123 e. The van der Waals surface area contributed by atoms with E-state index in [9.17, 15) is 0 Å². The lowest BCUT2D eigenvalue weighted by Gasteiger charge is -2.21. The zero-order valence-electron chi connectivity index (χ0n) is 12.2. The average molecular weight is 389 g/mol. The zero-order chi connectivity index (χ0) is 15.2. The Morgan fingerprint density at radius 2 is 2.19 bits per heavy atom. The van der Waals surface area contributed by atoms with Gasteiger partial charge in [-0.15, -0.1) is 11.3 Å². The quantitative estimate of drug-likeness (QED) is 0.680. The van der Waals surface area contributed by atoms with Gasteiger partial charge in [-0.05, 0) is 58.5 Å². The molecule has 21 heavy (non-hydrogen) atoms. The van der Waals surface area contributed by atoms with E-state index in [0.29, 0.717) is 0 Å². The van der Waals surface area contributed by atoms with Gasteiger partial charge in [-0.2, -0.15) is 0 Å². The standard InChI is InChI=1S/C16H19BrClNOS/c1-3-7-19-14(10-16-13(17)6-8-21-16)12-9-11(18)4-5-15(12)20-2/h4-6,8-9,14,19H,3,7,10H2,1-2H3. The van der Waals surface area contributed by atoms with Gasteiger partial charge in [0.25, 0.3) is 0 Å². The van der Waals surface area contributed by atoms with E-state index in [-0.39, 0.29) is 6.04 Å². The highest BCUT2D eigenvalue weighted by Crippen LogP contribution is 2.33. The number of methoxy groups -OCH3 is 1. The van der Waals surface area contributed by atoms with Crippen LogP contribution >= 0.6 is 38.9 Å². The van der Waals surface area contributed by atoms with Crippen molar-refractivity contribution in [1.29, 1.82) is 0 Å². The number of rotatable bonds is 7. The van der Waals surface area contributed by atoms with Gasteiger partial charge < -0.3 is 10.1 Å². The van der Waals surface area contributed by atoms with E-state index in [1.807, 2.05) is 18.2 Å². The van der Waals surface area contributed by atoms with Crippen LogP contribution in [0.25, 0.3) is 0 Å². The maximum absolute atomic E-state index is 6.18. The molecule has 1 aromatic heterocycles. The fourth-order valence-electron chi connectivity index (χ4n) is 2.24. The van der Waals surface area contributed by atoms with Crippen molar-refractivity contribution in [2.75, 3.05) is 13.7 Å². The van der Waals surface area contributed by atoms with Crippen molar-refractivity contribution >= 4 is 38.9 Å². The van der Waals surface area contributed by atoms with Gasteiger partial charge in [-0.3, -0.25) is 0 Å². The van der Waals surface area contributed by atoms with Crippen molar-refractivity contribution in [3.05, 3.63) is 49.6 Å². The fraction of sp³-hybridized carbons (Fsp3) is 0.375. The molecule has 2 rings (SSSR count). The second kappa shape index (κ2) is 8.18. The minimum absolute atomic E-state index is 0.188. The molecule has 2 aromatic rings. The summed E-state index contributed by atoms with van der Waals surface area (Å²) in [6, 6.07) is 8.07. The highest BCUT2D eigenvalue weighted by Gasteiger charge is 2.18. The third kappa shape index (κ3) is 4.46. The Morgan fingerprint density at radius 3 is 2.81 bits per heavy atom. The molecular weight excluding hydrogens is 370 g/mol. The van der Waals surface area contributed by atoms with Crippen LogP contribution in [0.3, 0.4) is 0 Å². The lowest BCUT2D eigenvalue weighted by atomic mass is 10.0. The van der Waals surface area contributed by atoms with Crippen LogP contribution in [0.1, 0.15) is 29.8 Å². The summed E-state index contributed by atoms with van der Waals surface area (Å²) in [7, 11) is 1.70. The summed E-state index contributed by atoms with van der Waals surface area (Å²) >= 11 is 11.5. The van der Waals surface area contributed by atoms with Gasteiger partial charge in [0.1, 0.15) is 5.75 Å². The molecule has 1 aromatic carbocycles. The van der Waals surface area contributed by atoms with E-state index in [4.69, 9.17) is 16.3 Å². The van der Waals surface area contributed by atoms with Crippen LogP contribution < -0.4 is 10.1 Å². The first kappa shape index (κ1) is 16.8. The molecule has 0 aliphatic heterocycles. The summed E-state index contributed by atoms with van der Waals surface area (Å²) in [5, 5.41) is 6.44. The molecule has 0 amide bonds. The molecule has 1 N–H and O–H groups in total. The largest absolute Gasteiger partial charge is 0.496 e. The van der Waals surface area contributed by atoms with E-state index in [0.717, 1.165) is 40.2 Å². The molecule has 0 aliphatic rings. The summed E-state index contributed by atoms with van der Waals surface area (Å²) in [5.74, 6) is 0.876. The minimum atomic E-state index is 0.188. The first-order valence-corrected chi connectivity index (χ1v) is 8.99. The van der Waals surface area contributed by atoms with Crippen molar-refractivity contribution < 1.29 is 4.74 Å². The molecule has 2 nitrogen and oxygen atoms in total. The monoisotopic (exact) mass is 387 g/mol. The Hall–Kier alpha value is -0.550. The van der Waals surface area contributed by atoms with Gasteiger partial charge in [0.05, 0.1) is 7.11 Å². The molecule has 5 heteroatoms. The predicted octanol–water partition coefficient (Wildman–Crippen LogP) is 5.46. The van der Waals surface area contributed by atoms with Crippen LogP contribution in [0.5, 0.6) is 5.75 Å². The van der Waals surface area contributed by atoms with E-state index in [1.54, 1.807) is 18.4 Å². The molecule has 0 fully saturated rings. The number of benzene rings is 1. The molecule has 1 unspecified atom stereocenters. The average Bonchev–Trinajstić information content (AvgIpc) is 2.88. The fourth-order valence-corrected chi connectivity index (χ4v) is 3.99. The molecule has 0 saturated carbocycles.